The van der Waals surface area contributed by atoms with Gasteiger partial charge in [0.2, 0.25) is 0 Å². The highest BCUT2D eigenvalue weighted by molar-refractivity contribution is 7.94. The van der Waals surface area contributed by atoms with E-state index in [9.17, 15) is 21.6 Å². The van der Waals surface area contributed by atoms with Gasteiger partial charge in [0, 0.05) is 11.8 Å². The van der Waals surface area contributed by atoms with Crippen LogP contribution in [0, 0.1) is 13.8 Å². The van der Waals surface area contributed by atoms with Crippen molar-refractivity contribution in [3.05, 3.63) is 71.2 Å². The zero-order chi connectivity index (χ0) is 23.1. The van der Waals surface area contributed by atoms with Gasteiger partial charge in [0.05, 0.1) is 28.4 Å². The summed E-state index contributed by atoms with van der Waals surface area (Å²) in [6.07, 6.45) is -3.27. The molecule has 12 heteroatoms. The van der Waals surface area contributed by atoms with Crippen molar-refractivity contribution < 1.29 is 26.1 Å². The number of anilines is 1. The van der Waals surface area contributed by atoms with Gasteiger partial charge in [0.25, 0.3) is 10.0 Å². The fourth-order valence-electron chi connectivity index (χ4n) is 3.12. The second-order valence-corrected chi connectivity index (χ2v) is 10.1. The number of alkyl halides is 3. The van der Waals surface area contributed by atoms with E-state index in [1.54, 1.807) is 23.7 Å². The fraction of sp³-hybridized carbons (Fsp3) is 0.200. The van der Waals surface area contributed by atoms with Gasteiger partial charge in [-0.05, 0) is 49.7 Å². The van der Waals surface area contributed by atoms with Crippen LogP contribution in [0.1, 0.15) is 22.5 Å². The third-order valence-electron chi connectivity index (χ3n) is 4.64. The Hall–Kier alpha value is -3.12. The van der Waals surface area contributed by atoms with Gasteiger partial charge in [-0.1, -0.05) is 11.2 Å². The van der Waals surface area contributed by atoms with Crippen molar-refractivity contribution in [2.45, 2.75) is 30.8 Å². The first-order chi connectivity index (χ1) is 15.0. The Morgan fingerprint density at radius 2 is 1.91 bits per heavy atom. The summed E-state index contributed by atoms with van der Waals surface area (Å²) in [5, 5.41) is 8.07. The van der Waals surface area contributed by atoms with Crippen LogP contribution >= 0.6 is 11.3 Å². The third kappa shape index (κ3) is 4.55. The van der Waals surface area contributed by atoms with E-state index in [0.29, 0.717) is 16.1 Å². The SMILES string of the molecule is Cc1cc(C)n(Cc2ccc(C(F)(F)F)cc2NS(=O)(=O)c2ccc(-c3ccon3)s2)n1. The summed E-state index contributed by atoms with van der Waals surface area (Å²) in [6.45, 7) is 3.71. The molecule has 0 atom stereocenters. The van der Waals surface area contributed by atoms with Gasteiger partial charge in [-0.25, -0.2) is 8.42 Å². The van der Waals surface area contributed by atoms with Crippen molar-refractivity contribution in [1.82, 2.24) is 14.9 Å². The summed E-state index contributed by atoms with van der Waals surface area (Å²) in [7, 11) is -4.15. The van der Waals surface area contributed by atoms with Crippen LogP contribution in [0.3, 0.4) is 0 Å². The van der Waals surface area contributed by atoms with E-state index in [-0.39, 0.29) is 16.4 Å². The zero-order valence-corrected chi connectivity index (χ0v) is 18.5. The lowest BCUT2D eigenvalue weighted by atomic mass is 10.1. The minimum absolute atomic E-state index is 0.0648. The highest BCUT2D eigenvalue weighted by Gasteiger charge is 2.32. The smallest absolute Gasteiger partial charge is 0.364 e. The maximum absolute atomic E-state index is 13.3. The standard InChI is InChI=1S/C20H17F3N4O3S2/c1-12-9-13(2)27(24-12)11-14-3-4-15(20(21,22)23)10-17(14)26-32(28,29)19-6-5-18(31-19)16-7-8-30-25-16/h3-10,26H,11H2,1-2H3. The van der Waals surface area contributed by atoms with Gasteiger partial charge in [-0.3, -0.25) is 9.40 Å². The molecule has 7 nitrogen and oxygen atoms in total. The maximum Gasteiger partial charge on any atom is 0.416 e. The molecule has 1 aromatic carbocycles. The molecular formula is C20H17F3N4O3S2. The predicted octanol–water partition coefficient (Wildman–Crippen LogP) is 5.08. The van der Waals surface area contributed by atoms with Crippen molar-refractivity contribution in [2.75, 3.05) is 4.72 Å². The Bertz CT molecular complexity index is 1360. The number of nitrogens with one attached hydrogen (secondary N) is 1. The van der Waals surface area contributed by atoms with E-state index < -0.39 is 21.8 Å². The van der Waals surface area contributed by atoms with Crippen molar-refractivity contribution in [3.63, 3.8) is 0 Å². The molecule has 3 heterocycles. The lowest BCUT2D eigenvalue weighted by molar-refractivity contribution is -0.137. The Morgan fingerprint density at radius 3 is 2.53 bits per heavy atom. The summed E-state index contributed by atoms with van der Waals surface area (Å²) in [5.74, 6) is 0. The van der Waals surface area contributed by atoms with Crippen LogP contribution in [0.25, 0.3) is 10.6 Å². The molecule has 0 saturated carbocycles. The molecular weight excluding hydrogens is 465 g/mol. The first-order valence-electron chi connectivity index (χ1n) is 9.27. The van der Waals surface area contributed by atoms with Crippen LogP contribution in [0.2, 0.25) is 0 Å². The number of aryl methyl sites for hydroxylation is 2. The van der Waals surface area contributed by atoms with Gasteiger partial charge in [0.15, 0.2) is 0 Å². The van der Waals surface area contributed by atoms with Crippen LogP contribution in [0.15, 0.2) is 57.5 Å². The number of thiophene rings is 1. The van der Waals surface area contributed by atoms with Crippen LogP contribution in [0.4, 0.5) is 18.9 Å². The predicted molar refractivity (Wildman–Crippen MR) is 113 cm³/mol. The average Bonchev–Trinajstić information content (AvgIpc) is 3.43. The third-order valence-corrected chi connectivity index (χ3v) is 7.61. The summed E-state index contributed by atoms with van der Waals surface area (Å²) in [6, 6.07) is 9.30. The number of benzene rings is 1. The van der Waals surface area contributed by atoms with E-state index in [0.717, 1.165) is 34.9 Å². The average molecular weight is 483 g/mol. The van der Waals surface area contributed by atoms with E-state index in [2.05, 4.69) is 15.0 Å². The van der Waals surface area contributed by atoms with Crippen molar-refractivity contribution in [1.29, 1.82) is 0 Å². The lowest BCUT2D eigenvalue weighted by Crippen LogP contribution is -2.16. The Morgan fingerprint density at radius 1 is 1.12 bits per heavy atom. The Kier molecular flexibility index (Phi) is 5.59. The largest absolute Gasteiger partial charge is 0.416 e. The molecule has 3 aromatic heterocycles. The molecule has 0 unspecified atom stereocenters. The quantitative estimate of drug-likeness (QED) is 0.414. The molecule has 32 heavy (non-hydrogen) atoms. The summed E-state index contributed by atoms with van der Waals surface area (Å²) in [5.41, 5.74) is 1.23. The topological polar surface area (TPSA) is 90.0 Å². The molecule has 0 radical (unpaired) electrons. The molecule has 0 saturated heterocycles. The number of aromatic nitrogens is 3. The number of hydrogen-bond acceptors (Lipinski definition) is 6. The van der Waals surface area contributed by atoms with E-state index in [1.807, 2.05) is 13.0 Å². The fourth-order valence-corrected chi connectivity index (χ4v) is 5.48. The van der Waals surface area contributed by atoms with Crippen molar-refractivity contribution >= 4 is 27.0 Å². The van der Waals surface area contributed by atoms with Gasteiger partial charge in [-0.15, -0.1) is 11.3 Å². The van der Waals surface area contributed by atoms with Gasteiger partial charge in [-0.2, -0.15) is 18.3 Å². The summed E-state index contributed by atoms with van der Waals surface area (Å²) >= 11 is 0.929. The number of hydrogen-bond donors (Lipinski definition) is 1. The summed E-state index contributed by atoms with van der Waals surface area (Å²) < 4.78 is 74.5. The number of halogens is 3. The van der Waals surface area contributed by atoms with Crippen LogP contribution < -0.4 is 4.72 Å². The number of sulfonamides is 1. The first kappa shape index (κ1) is 22.1. The molecule has 4 rings (SSSR count). The molecule has 0 aliphatic carbocycles. The van der Waals surface area contributed by atoms with Crippen molar-refractivity contribution in [3.8, 4) is 10.6 Å². The molecule has 0 amide bonds. The summed E-state index contributed by atoms with van der Waals surface area (Å²) in [4.78, 5) is 0.547. The Balaban J connectivity index is 1.71. The molecule has 0 spiro atoms. The highest BCUT2D eigenvalue weighted by atomic mass is 32.2. The molecule has 1 N–H and O–H groups in total. The molecule has 4 aromatic rings. The van der Waals surface area contributed by atoms with Crippen LogP contribution in [-0.2, 0) is 22.7 Å². The normalized spacial score (nSPS) is 12.3. The molecule has 0 fully saturated rings. The zero-order valence-electron chi connectivity index (χ0n) is 16.8. The monoisotopic (exact) mass is 482 g/mol. The van der Waals surface area contributed by atoms with Gasteiger partial charge in [0.1, 0.15) is 16.2 Å². The molecule has 0 bridgehead atoms. The lowest BCUT2D eigenvalue weighted by Gasteiger charge is -2.16. The van der Waals surface area contributed by atoms with Crippen LogP contribution in [0.5, 0.6) is 0 Å². The highest BCUT2D eigenvalue weighted by Crippen LogP contribution is 2.35. The van der Waals surface area contributed by atoms with Crippen LogP contribution in [-0.4, -0.2) is 23.4 Å². The number of rotatable bonds is 6. The minimum Gasteiger partial charge on any atom is -0.364 e. The van der Waals surface area contributed by atoms with E-state index in [4.69, 9.17) is 4.52 Å². The van der Waals surface area contributed by atoms with Gasteiger partial charge < -0.3 is 4.52 Å². The maximum atomic E-state index is 13.3. The van der Waals surface area contributed by atoms with E-state index in [1.165, 1.54) is 18.4 Å². The minimum atomic E-state index is -4.63. The number of nitrogens with zero attached hydrogens (tertiary/aromatic N) is 3. The second kappa shape index (κ2) is 8.10. The Labute approximate surface area is 185 Å². The van der Waals surface area contributed by atoms with Gasteiger partial charge >= 0.3 is 6.18 Å². The van der Waals surface area contributed by atoms with Crippen molar-refractivity contribution in [2.24, 2.45) is 0 Å². The van der Waals surface area contributed by atoms with E-state index >= 15 is 0 Å². The first-order valence-corrected chi connectivity index (χ1v) is 11.6. The second-order valence-electron chi connectivity index (χ2n) is 7.06. The molecule has 0 aliphatic rings. The molecule has 168 valence electrons. The molecule has 0 aliphatic heterocycles.